The van der Waals surface area contributed by atoms with E-state index < -0.39 is 0 Å². The average molecular weight is 421 g/mol. The van der Waals surface area contributed by atoms with Gasteiger partial charge < -0.3 is 10.2 Å². The van der Waals surface area contributed by atoms with Crippen LogP contribution in [0.5, 0.6) is 0 Å². The van der Waals surface area contributed by atoms with Crippen molar-refractivity contribution in [2.24, 2.45) is 0 Å². The molecule has 1 aliphatic rings. The zero-order valence-electron chi connectivity index (χ0n) is 16.1. The molecule has 1 unspecified atom stereocenters. The molecule has 0 radical (unpaired) electrons. The first-order chi connectivity index (χ1) is 13.5. The van der Waals surface area contributed by atoms with Gasteiger partial charge in [0.1, 0.15) is 5.82 Å². The summed E-state index contributed by atoms with van der Waals surface area (Å²) in [6.07, 6.45) is 2.85. The van der Waals surface area contributed by atoms with Crippen LogP contribution < -0.4 is 10.2 Å². The van der Waals surface area contributed by atoms with Gasteiger partial charge in [-0.25, -0.2) is 4.98 Å². The Morgan fingerprint density at radius 1 is 1.18 bits per heavy atom. The molecule has 0 bridgehead atoms. The average Bonchev–Trinajstić information content (AvgIpc) is 2.68. The highest BCUT2D eigenvalue weighted by atomic mass is 35.5. The van der Waals surface area contributed by atoms with Crippen LogP contribution in [0.15, 0.2) is 42.6 Å². The Morgan fingerprint density at radius 2 is 1.96 bits per heavy atom. The predicted molar refractivity (Wildman–Crippen MR) is 115 cm³/mol. The van der Waals surface area contributed by atoms with Crippen LogP contribution in [0.2, 0.25) is 10.0 Å². The number of hydrogen-bond acceptors (Lipinski definition) is 4. The van der Waals surface area contributed by atoms with Gasteiger partial charge in [-0.3, -0.25) is 9.69 Å². The third-order valence-electron chi connectivity index (χ3n) is 4.92. The summed E-state index contributed by atoms with van der Waals surface area (Å²) in [5, 5.41) is 4.31. The van der Waals surface area contributed by atoms with Gasteiger partial charge in [-0.2, -0.15) is 0 Å². The minimum atomic E-state index is 0.0469. The van der Waals surface area contributed by atoms with Crippen molar-refractivity contribution in [2.75, 3.05) is 37.6 Å². The van der Waals surface area contributed by atoms with E-state index in [2.05, 4.69) is 27.0 Å². The summed E-state index contributed by atoms with van der Waals surface area (Å²) < 4.78 is 0. The molecule has 2 heterocycles. The summed E-state index contributed by atoms with van der Waals surface area (Å²) in [7, 11) is 0. The van der Waals surface area contributed by atoms with Crippen LogP contribution in [0.1, 0.15) is 18.9 Å². The lowest BCUT2D eigenvalue weighted by Gasteiger charge is -2.36. The lowest BCUT2D eigenvalue weighted by atomic mass is 10.1. The molecule has 28 heavy (non-hydrogen) atoms. The highest BCUT2D eigenvalue weighted by molar-refractivity contribution is 6.35. The Bertz CT molecular complexity index is 779. The van der Waals surface area contributed by atoms with Crippen LogP contribution in [-0.2, 0) is 11.2 Å². The molecule has 1 fully saturated rings. The zero-order valence-corrected chi connectivity index (χ0v) is 17.6. The molecule has 7 heteroatoms. The third-order valence-corrected chi connectivity index (χ3v) is 5.51. The first-order valence-corrected chi connectivity index (χ1v) is 10.4. The number of anilines is 1. The lowest BCUT2D eigenvalue weighted by molar-refractivity contribution is -0.121. The second-order valence-electron chi connectivity index (χ2n) is 7.18. The molecule has 1 saturated heterocycles. The molecule has 1 N–H and O–H groups in total. The van der Waals surface area contributed by atoms with Gasteiger partial charge in [-0.1, -0.05) is 35.3 Å². The van der Waals surface area contributed by atoms with Crippen LogP contribution in [0.25, 0.3) is 0 Å². The molecule has 0 aliphatic carbocycles. The molecule has 0 spiro atoms. The van der Waals surface area contributed by atoms with Crippen LogP contribution in [0, 0.1) is 0 Å². The molecule has 1 aliphatic heterocycles. The van der Waals surface area contributed by atoms with E-state index >= 15 is 0 Å². The normalized spacial score (nSPS) is 16.0. The number of rotatable bonds is 7. The summed E-state index contributed by atoms with van der Waals surface area (Å²) in [6, 6.07) is 11.5. The van der Waals surface area contributed by atoms with Gasteiger partial charge in [0.05, 0.1) is 0 Å². The number of halogens is 2. The highest BCUT2D eigenvalue weighted by Crippen LogP contribution is 2.22. The van der Waals surface area contributed by atoms with Crippen LogP contribution >= 0.6 is 23.2 Å². The van der Waals surface area contributed by atoms with Crippen molar-refractivity contribution in [1.82, 2.24) is 15.2 Å². The SMILES string of the molecule is CC(CN1CCN(c2ccccn2)CC1)NC(=O)CCc1ccc(Cl)cc1Cl. The smallest absolute Gasteiger partial charge is 0.220 e. The standard InChI is InChI=1S/C21H26Cl2N4O/c1-16(25-21(28)8-6-17-5-7-18(22)14-19(17)23)15-26-10-12-27(13-11-26)20-4-2-3-9-24-20/h2-5,7,9,14,16H,6,8,10-13,15H2,1H3,(H,25,28). The molecule has 1 aromatic carbocycles. The number of nitrogens with zero attached hydrogens (tertiary/aromatic N) is 3. The lowest BCUT2D eigenvalue weighted by Crippen LogP contribution is -2.51. The summed E-state index contributed by atoms with van der Waals surface area (Å²) in [5.74, 6) is 1.08. The Balaban J connectivity index is 1.38. The maximum absolute atomic E-state index is 12.3. The summed E-state index contributed by atoms with van der Waals surface area (Å²) >= 11 is 12.1. The Labute approximate surface area is 176 Å². The van der Waals surface area contributed by atoms with E-state index in [1.165, 1.54) is 0 Å². The largest absolute Gasteiger partial charge is 0.354 e. The van der Waals surface area contributed by atoms with Crippen LogP contribution in [-0.4, -0.2) is 54.6 Å². The number of aromatic nitrogens is 1. The monoisotopic (exact) mass is 420 g/mol. The second kappa shape index (κ2) is 10.1. The number of benzene rings is 1. The maximum atomic E-state index is 12.3. The number of nitrogens with one attached hydrogen (secondary N) is 1. The molecule has 1 atom stereocenters. The third kappa shape index (κ3) is 6.09. The van der Waals surface area contributed by atoms with Crippen molar-refractivity contribution in [3.8, 4) is 0 Å². The van der Waals surface area contributed by atoms with E-state index in [0.717, 1.165) is 44.1 Å². The van der Waals surface area contributed by atoms with Crippen LogP contribution in [0.4, 0.5) is 5.82 Å². The molecule has 3 rings (SSSR count). The topological polar surface area (TPSA) is 48.5 Å². The molecule has 2 aromatic rings. The van der Waals surface area contributed by atoms with Gasteiger partial charge in [0, 0.05) is 61.4 Å². The highest BCUT2D eigenvalue weighted by Gasteiger charge is 2.20. The van der Waals surface area contributed by atoms with Crippen molar-refractivity contribution in [3.63, 3.8) is 0 Å². The number of piperazine rings is 1. The van der Waals surface area contributed by atoms with Gasteiger partial charge >= 0.3 is 0 Å². The molecule has 150 valence electrons. The zero-order chi connectivity index (χ0) is 19.9. The number of amides is 1. The Hall–Kier alpha value is -1.82. The van der Waals surface area contributed by atoms with Crippen molar-refractivity contribution in [1.29, 1.82) is 0 Å². The van der Waals surface area contributed by atoms with Gasteiger partial charge in [-0.15, -0.1) is 0 Å². The summed E-state index contributed by atoms with van der Waals surface area (Å²) in [5.41, 5.74) is 0.944. The number of carbonyl (C=O) groups excluding carboxylic acids is 1. The molecule has 1 amide bonds. The quantitative estimate of drug-likeness (QED) is 0.742. The van der Waals surface area contributed by atoms with E-state index in [-0.39, 0.29) is 11.9 Å². The molecular weight excluding hydrogens is 395 g/mol. The summed E-state index contributed by atoms with van der Waals surface area (Å²) in [6.45, 7) is 6.75. The van der Waals surface area contributed by atoms with E-state index in [1.807, 2.05) is 30.5 Å². The van der Waals surface area contributed by atoms with E-state index in [9.17, 15) is 4.79 Å². The van der Waals surface area contributed by atoms with Crippen molar-refractivity contribution in [3.05, 3.63) is 58.2 Å². The molecule has 0 saturated carbocycles. The van der Waals surface area contributed by atoms with E-state index in [0.29, 0.717) is 22.9 Å². The fraction of sp³-hybridized carbons (Fsp3) is 0.429. The van der Waals surface area contributed by atoms with Gasteiger partial charge in [-0.05, 0) is 43.2 Å². The first-order valence-electron chi connectivity index (χ1n) is 9.63. The predicted octanol–water partition coefficient (Wildman–Crippen LogP) is 3.65. The van der Waals surface area contributed by atoms with Crippen molar-refractivity contribution in [2.45, 2.75) is 25.8 Å². The fourth-order valence-corrected chi connectivity index (χ4v) is 3.96. The first kappa shape index (κ1) is 20.9. The Kier molecular flexibility index (Phi) is 7.54. The molecule has 1 aromatic heterocycles. The van der Waals surface area contributed by atoms with Gasteiger partial charge in [0.25, 0.3) is 0 Å². The van der Waals surface area contributed by atoms with Crippen molar-refractivity contribution < 1.29 is 4.79 Å². The van der Waals surface area contributed by atoms with E-state index in [4.69, 9.17) is 23.2 Å². The summed E-state index contributed by atoms with van der Waals surface area (Å²) in [4.78, 5) is 21.4. The maximum Gasteiger partial charge on any atom is 0.220 e. The number of aryl methyl sites for hydroxylation is 1. The van der Waals surface area contributed by atoms with Gasteiger partial charge in [0.2, 0.25) is 5.91 Å². The minimum Gasteiger partial charge on any atom is -0.354 e. The second-order valence-corrected chi connectivity index (χ2v) is 8.02. The number of hydrogen-bond donors (Lipinski definition) is 1. The Morgan fingerprint density at radius 3 is 2.64 bits per heavy atom. The fourth-order valence-electron chi connectivity index (χ4n) is 3.45. The molecule has 5 nitrogen and oxygen atoms in total. The van der Waals surface area contributed by atoms with Crippen LogP contribution in [0.3, 0.4) is 0 Å². The molecular formula is C21H26Cl2N4O. The number of pyridine rings is 1. The minimum absolute atomic E-state index is 0.0469. The van der Waals surface area contributed by atoms with Crippen molar-refractivity contribution >= 4 is 34.9 Å². The van der Waals surface area contributed by atoms with E-state index in [1.54, 1.807) is 12.1 Å². The number of carbonyl (C=O) groups is 1. The van der Waals surface area contributed by atoms with Gasteiger partial charge in [0.15, 0.2) is 0 Å².